The molecule has 0 aliphatic heterocycles. The van der Waals surface area contributed by atoms with Gasteiger partial charge in [-0.05, 0) is 25.0 Å². The summed E-state index contributed by atoms with van der Waals surface area (Å²) in [5, 5.41) is 9.60. The normalized spacial score (nSPS) is 18.1. The van der Waals surface area contributed by atoms with Crippen molar-refractivity contribution in [2.45, 2.75) is 37.5 Å². The number of hydrogen-bond donors (Lipinski definition) is 1. The summed E-state index contributed by atoms with van der Waals surface area (Å²) in [6.07, 6.45) is 3.56. The Morgan fingerprint density at radius 1 is 1.37 bits per heavy atom. The molecule has 0 amide bonds. The summed E-state index contributed by atoms with van der Waals surface area (Å²) in [6, 6.07) is 3.08. The first-order valence-corrected chi connectivity index (χ1v) is 7.07. The summed E-state index contributed by atoms with van der Waals surface area (Å²) in [6.45, 7) is 0. The topological polar surface area (TPSA) is 46.5 Å². The third kappa shape index (κ3) is 2.48. The van der Waals surface area contributed by atoms with E-state index in [0.717, 1.165) is 19.3 Å². The predicted molar refractivity (Wildman–Crippen MR) is 73.1 cm³/mol. The quantitative estimate of drug-likeness (QED) is 0.914. The number of methoxy groups -OCH3 is 1. The molecule has 1 aliphatic carbocycles. The van der Waals surface area contributed by atoms with E-state index in [1.54, 1.807) is 6.07 Å². The van der Waals surface area contributed by atoms with Crippen molar-refractivity contribution in [3.8, 4) is 5.75 Å². The van der Waals surface area contributed by atoms with Gasteiger partial charge in [0.1, 0.15) is 0 Å². The maximum atomic E-state index is 14.4. The van der Waals surface area contributed by atoms with Gasteiger partial charge >= 0.3 is 5.97 Å². The predicted octanol–water partition coefficient (Wildman–Crippen LogP) is 3.88. The largest absolute Gasteiger partial charge is 0.494 e. The van der Waals surface area contributed by atoms with Gasteiger partial charge in [-0.25, -0.2) is 4.39 Å². The van der Waals surface area contributed by atoms with Gasteiger partial charge in [-0.2, -0.15) is 0 Å². The van der Waals surface area contributed by atoms with E-state index in [0.29, 0.717) is 17.3 Å². The minimum absolute atomic E-state index is 0.0792. The third-order valence-electron chi connectivity index (χ3n) is 3.86. The van der Waals surface area contributed by atoms with Crippen LogP contribution in [0.3, 0.4) is 0 Å². The zero-order valence-corrected chi connectivity index (χ0v) is 12.3. The molecule has 1 aliphatic rings. The SMILES string of the molecule is COc1cc(Br)cc(C2(C(=O)O)CCCCC2)c1F. The minimum Gasteiger partial charge on any atom is -0.494 e. The molecule has 19 heavy (non-hydrogen) atoms. The van der Waals surface area contributed by atoms with Crippen LogP contribution in [0.15, 0.2) is 16.6 Å². The van der Waals surface area contributed by atoms with Crippen LogP contribution in [0.4, 0.5) is 4.39 Å². The Labute approximate surface area is 119 Å². The molecular weight excluding hydrogens is 315 g/mol. The first-order chi connectivity index (χ1) is 9.01. The molecule has 104 valence electrons. The average molecular weight is 331 g/mol. The molecule has 1 N–H and O–H groups in total. The van der Waals surface area contributed by atoms with Gasteiger partial charge < -0.3 is 9.84 Å². The van der Waals surface area contributed by atoms with E-state index in [1.165, 1.54) is 13.2 Å². The molecule has 0 atom stereocenters. The Balaban J connectivity index is 2.59. The van der Waals surface area contributed by atoms with E-state index >= 15 is 0 Å². The Kier molecular flexibility index (Phi) is 4.13. The number of ether oxygens (including phenoxy) is 1. The zero-order valence-electron chi connectivity index (χ0n) is 10.7. The maximum absolute atomic E-state index is 14.4. The highest BCUT2D eigenvalue weighted by atomic mass is 79.9. The molecule has 0 radical (unpaired) electrons. The monoisotopic (exact) mass is 330 g/mol. The molecule has 0 heterocycles. The van der Waals surface area contributed by atoms with Gasteiger partial charge in [0.25, 0.3) is 0 Å². The van der Waals surface area contributed by atoms with Crippen LogP contribution in [0.1, 0.15) is 37.7 Å². The van der Waals surface area contributed by atoms with Crippen molar-refractivity contribution in [2.75, 3.05) is 7.11 Å². The van der Waals surface area contributed by atoms with E-state index in [2.05, 4.69) is 15.9 Å². The fourth-order valence-corrected chi connectivity index (χ4v) is 3.25. The molecule has 1 saturated carbocycles. The van der Waals surface area contributed by atoms with Crippen LogP contribution < -0.4 is 4.74 Å². The lowest BCUT2D eigenvalue weighted by Crippen LogP contribution is -2.38. The smallest absolute Gasteiger partial charge is 0.314 e. The lowest BCUT2D eigenvalue weighted by molar-refractivity contribution is -0.145. The summed E-state index contributed by atoms with van der Waals surface area (Å²) in [7, 11) is 1.38. The number of carboxylic acid groups (broad SMARTS) is 1. The lowest BCUT2D eigenvalue weighted by Gasteiger charge is -2.34. The Bertz CT molecular complexity index is 496. The zero-order chi connectivity index (χ0) is 14.0. The minimum atomic E-state index is -1.13. The average Bonchev–Trinajstić information content (AvgIpc) is 2.41. The van der Waals surface area contributed by atoms with Gasteiger partial charge in [-0.1, -0.05) is 35.2 Å². The number of carboxylic acids is 1. The number of benzene rings is 1. The van der Waals surface area contributed by atoms with E-state index in [1.807, 2.05) is 0 Å². The van der Waals surface area contributed by atoms with Crippen molar-refractivity contribution in [2.24, 2.45) is 0 Å². The molecule has 0 aromatic heterocycles. The van der Waals surface area contributed by atoms with Crippen molar-refractivity contribution in [3.63, 3.8) is 0 Å². The summed E-state index contributed by atoms with van der Waals surface area (Å²) >= 11 is 3.29. The molecule has 0 saturated heterocycles. The van der Waals surface area contributed by atoms with Gasteiger partial charge in [-0.3, -0.25) is 4.79 Å². The van der Waals surface area contributed by atoms with Crippen LogP contribution in [0.2, 0.25) is 0 Å². The second-order valence-corrected chi connectivity index (χ2v) is 5.83. The van der Waals surface area contributed by atoms with Crippen LogP contribution in [-0.2, 0) is 10.2 Å². The van der Waals surface area contributed by atoms with Crippen molar-refractivity contribution in [1.82, 2.24) is 0 Å². The van der Waals surface area contributed by atoms with Crippen LogP contribution in [0.25, 0.3) is 0 Å². The van der Waals surface area contributed by atoms with Gasteiger partial charge in [-0.15, -0.1) is 0 Å². The molecular formula is C14H16BrFO3. The molecule has 1 fully saturated rings. The maximum Gasteiger partial charge on any atom is 0.314 e. The van der Waals surface area contributed by atoms with Gasteiger partial charge in [0.05, 0.1) is 12.5 Å². The van der Waals surface area contributed by atoms with E-state index in [4.69, 9.17) is 4.74 Å². The number of halogens is 2. The Morgan fingerprint density at radius 3 is 2.53 bits per heavy atom. The molecule has 0 spiro atoms. The summed E-state index contributed by atoms with van der Waals surface area (Å²) in [4.78, 5) is 11.7. The fourth-order valence-electron chi connectivity index (χ4n) is 2.81. The number of aliphatic carboxylic acids is 1. The summed E-state index contributed by atoms with van der Waals surface area (Å²) < 4.78 is 20.0. The van der Waals surface area contributed by atoms with Crippen molar-refractivity contribution in [1.29, 1.82) is 0 Å². The Hall–Kier alpha value is -1.10. The lowest BCUT2D eigenvalue weighted by atomic mass is 9.69. The molecule has 0 bridgehead atoms. The second-order valence-electron chi connectivity index (χ2n) is 4.92. The number of rotatable bonds is 3. The second kappa shape index (κ2) is 5.49. The highest BCUT2D eigenvalue weighted by Gasteiger charge is 2.44. The molecule has 1 aromatic rings. The fraction of sp³-hybridized carbons (Fsp3) is 0.500. The van der Waals surface area contributed by atoms with E-state index < -0.39 is 17.2 Å². The number of carbonyl (C=O) groups is 1. The van der Waals surface area contributed by atoms with Crippen LogP contribution in [-0.4, -0.2) is 18.2 Å². The Morgan fingerprint density at radius 2 is 2.00 bits per heavy atom. The van der Waals surface area contributed by atoms with Gasteiger partial charge in [0.15, 0.2) is 11.6 Å². The van der Waals surface area contributed by atoms with E-state index in [-0.39, 0.29) is 11.3 Å². The number of hydrogen-bond acceptors (Lipinski definition) is 2. The van der Waals surface area contributed by atoms with Crippen LogP contribution in [0.5, 0.6) is 5.75 Å². The van der Waals surface area contributed by atoms with Crippen LogP contribution in [0, 0.1) is 5.82 Å². The third-order valence-corrected chi connectivity index (χ3v) is 4.31. The molecule has 0 unspecified atom stereocenters. The molecule has 2 rings (SSSR count). The first-order valence-electron chi connectivity index (χ1n) is 6.28. The van der Waals surface area contributed by atoms with E-state index in [9.17, 15) is 14.3 Å². The van der Waals surface area contributed by atoms with Gasteiger partial charge in [0, 0.05) is 10.0 Å². The highest BCUT2D eigenvalue weighted by molar-refractivity contribution is 9.10. The molecule has 3 nitrogen and oxygen atoms in total. The van der Waals surface area contributed by atoms with Crippen LogP contribution >= 0.6 is 15.9 Å². The van der Waals surface area contributed by atoms with Crippen molar-refractivity contribution in [3.05, 3.63) is 28.0 Å². The summed E-state index contributed by atoms with van der Waals surface area (Å²) in [5.41, 5.74) is -0.898. The van der Waals surface area contributed by atoms with Gasteiger partial charge in [0.2, 0.25) is 0 Å². The first kappa shape index (κ1) is 14.3. The summed E-state index contributed by atoms with van der Waals surface area (Å²) in [5.74, 6) is -1.43. The molecule has 5 heteroatoms. The molecule has 1 aromatic carbocycles. The van der Waals surface area contributed by atoms with Crippen molar-refractivity contribution >= 4 is 21.9 Å². The van der Waals surface area contributed by atoms with Crippen molar-refractivity contribution < 1.29 is 19.0 Å². The highest BCUT2D eigenvalue weighted by Crippen LogP contribution is 2.43. The standard InChI is InChI=1S/C14H16BrFO3/c1-19-11-8-9(15)7-10(12(11)16)14(13(17)18)5-3-2-4-6-14/h7-8H,2-6H2,1H3,(H,17,18).